The largest absolute Gasteiger partial charge is 0.448 e. The Labute approximate surface area is 154 Å². The molecule has 2 aliphatic carbocycles. The summed E-state index contributed by atoms with van der Waals surface area (Å²) in [6, 6.07) is 7.57. The number of rotatable bonds is 4. The van der Waals surface area contributed by atoms with Crippen molar-refractivity contribution in [3.05, 3.63) is 35.4 Å². The number of hydrogen-bond acceptors (Lipinski definition) is 4. The first-order chi connectivity index (χ1) is 12.6. The number of benzene rings is 1. The van der Waals surface area contributed by atoms with E-state index < -0.39 is 12.1 Å². The summed E-state index contributed by atoms with van der Waals surface area (Å²) in [6.07, 6.45) is 5.52. The van der Waals surface area contributed by atoms with E-state index in [1.165, 1.54) is 12.8 Å². The van der Waals surface area contributed by atoms with Crippen molar-refractivity contribution in [2.45, 2.75) is 63.7 Å². The predicted molar refractivity (Wildman–Crippen MR) is 96.8 cm³/mol. The summed E-state index contributed by atoms with van der Waals surface area (Å²) in [6.45, 7) is 2.75. The first kappa shape index (κ1) is 17.5. The molecule has 0 saturated heterocycles. The molecule has 1 heterocycles. The van der Waals surface area contributed by atoms with Gasteiger partial charge in [0.25, 0.3) is 5.91 Å². The number of likely N-dealkylation sites (N-methyl/N-ethyl adjacent to an activating group) is 1. The second-order valence-electron chi connectivity index (χ2n) is 7.84. The van der Waals surface area contributed by atoms with Gasteiger partial charge in [-0.3, -0.25) is 4.79 Å². The molecule has 4 rings (SSSR count). The van der Waals surface area contributed by atoms with Gasteiger partial charge in [0.05, 0.1) is 11.7 Å². The molecular weight excluding hydrogens is 330 g/mol. The Kier molecular flexibility index (Phi) is 4.51. The molecular formula is C21H27NO4. The van der Waals surface area contributed by atoms with Crippen LogP contribution in [0.3, 0.4) is 0 Å². The van der Waals surface area contributed by atoms with Crippen molar-refractivity contribution < 1.29 is 19.1 Å². The first-order valence-electron chi connectivity index (χ1n) is 9.74. The van der Waals surface area contributed by atoms with Gasteiger partial charge in [0.2, 0.25) is 0 Å². The number of cyclic esters (lactones) is 1. The van der Waals surface area contributed by atoms with E-state index in [9.17, 15) is 9.59 Å². The van der Waals surface area contributed by atoms with Crippen LogP contribution < -0.4 is 0 Å². The smallest absolute Gasteiger partial charge is 0.339 e. The molecule has 1 aromatic carbocycles. The molecule has 1 spiro atoms. The zero-order valence-electron chi connectivity index (χ0n) is 15.6. The van der Waals surface area contributed by atoms with Crippen LogP contribution in [0, 0.1) is 5.41 Å². The van der Waals surface area contributed by atoms with Gasteiger partial charge in [0.1, 0.15) is 0 Å². The van der Waals surface area contributed by atoms with Gasteiger partial charge in [-0.25, -0.2) is 4.79 Å². The van der Waals surface area contributed by atoms with Crippen LogP contribution in [0.25, 0.3) is 0 Å². The third-order valence-electron chi connectivity index (χ3n) is 6.63. The lowest BCUT2D eigenvalue weighted by molar-refractivity contribution is -0.177. The minimum atomic E-state index is -0.716. The molecule has 0 bridgehead atoms. The summed E-state index contributed by atoms with van der Waals surface area (Å²) in [5.41, 5.74) is 1.56. The highest BCUT2D eigenvalue weighted by Gasteiger charge is 2.59. The Bertz CT molecular complexity index is 710. The third-order valence-corrected chi connectivity index (χ3v) is 6.63. The average molecular weight is 357 g/mol. The SMILES string of the molecule is CCOC1CC(N(C)C(=O)C2Cc3ccccc3C(=O)O2)C12CCCC2. The van der Waals surface area contributed by atoms with Gasteiger partial charge in [-0.2, -0.15) is 0 Å². The second-order valence-corrected chi connectivity index (χ2v) is 7.84. The highest BCUT2D eigenvalue weighted by Crippen LogP contribution is 2.56. The van der Waals surface area contributed by atoms with Crippen molar-refractivity contribution in [3.63, 3.8) is 0 Å². The lowest BCUT2D eigenvalue weighted by Gasteiger charge is -2.57. The van der Waals surface area contributed by atoms with E-state index in [0.29, 0.717) is 18.6 Å². The average Bonchev–Trinajstić information content (AvgIpc) is 3.16. The van der Waals surface area contributed by atoms with Gasteiger partial charge in [0.15, 0.2) is 6.10 Å². The summed E-state index contributed by atoms with van der Waals surface area (Å²) in [5.74, 6) is -0.478. The maximum atomic E-state index is 13.1. The van der Waals surface area contributed by atoms with Crippen LogP contribution in [-0.4, -0.2) is 48.7 Å². The molecule has 3 aliphatic rings. The first-order valence-corrected chi connectivity index (χ1v) is 9.74. The van der Waals surface area contributed by atoms with Gasteiger partial charge in [-0.05, 0) is 37.8 Å². The topological polar surface area (TPSA) is 55.8 Å². The van der Waals surface area contributed by atoms with E-state index in [1.807, 2.05) is 37.1 Å². The van der Waals surface area contributed by atoms with Gasteiger partial charge in [0, 0.05) is 31.5 Å². The molecule has 26 heavy (non-hydrogen) atoms. The standard InChI is InChI=1S/C21H27NO4/c1-3-25-18-13-17(21(18)10-6-7-11-21)22(2)19(23)16-12-14-8-4-5-9-15(14)20(24)26-16/h4-5,8-9,16-18H,3,6-7,10-13H2,1-2H3. The molecule has 5 heteroatoms. The van der Waals surface area contributed by atoms with Gasteiger partial charge in [-0.15, -0.1) is 0 Å². The normalized spacial score (nSPS) is 29.0. The molecule has 2 saturated carbocycles. The third kappa shape index (κ3) is 2.64. The van der Waals surface area contributed by atoms with E-state index in [0.717, 1.165) is 24.8 Å². The number of carbonyl (C=O) groups is 2. The minimum Gasteiger partial charge on any atom is -0.448 e. The number of fused-ring (bicyclic) bond motifs is 1. The molecule has 3 unspecified atom stereocenters. The van der Waals surface area contributed by atoms with Crippen LogP contribution in [0.2, 0.25) is 0 Å². The van der Waals surface area contributed by atoms with Crippen LogP contribution in [0.1, 0.15) is 54.9 Å². The molecule has 3 atom stereocenters. The number of esters is 1. The molecule has 0 radical (unpaired) electrons. The monoisotopic (exact) mass is 357 g/mol. The van der Waals surface area contributed by atoms with Gasteiger partial charge < -0.3 is 14.4 Å². The van der Waals surface area contributed by atoms with Crippen LogP contribution >= 0.6 is 0 Å². The molecule has 1 aliphatic heterocycles. The van der Waals surface area contributed by atoms with Crippen LogP contribution in [0.15, 0.2) is 24.3 Å². The van der Waals surface area contributed by atoms with E-state index in [4.69, 9.17) is 9.47 Å². The minimum absolute atomic E-state index is 0.0842. The van der Waals surface area contributed by atoms with E-state index in [-0.39, 0.29) is 23.5 Å². The highest BCUT2D eigenvalue weighted by atomic mass is 16.5. The number of ether oxygens (including phenoxy) is 2. The maximum absolute atomic E-state index is 13.1. The van der Waals surface area contributed by atoms with E-state index >= 15 is 0 Å². The van der Waals surface area contributed by atoms with Gasteiger partial charge in [-0.1, -0.05) is 31.0 Å². The zero-order valence-corrected chi connectivity index (χ0v) is 15.6. The Hall–Kier alpha value is -1.88. The van der Waals surface area contributed by atoms with Crippen molar-refractivity contribution in [2.24, 2.45) is 5.41 Å². The predicted octanol–water partition coefficient (Wildman–Crippen LogP) is 2.96. The molecule has 0 aromatic heterocycles. The van der Waals surface area contributed by atoms with E-state index in [2.05, 4.69) is 0 Å². The summed E-state index contributed by atoms with van der Waals surface area (Å²) in [5, 5.41) is 0. The Morgan fingerprint density at radius 1 is 1.31 bits per heavy atom. The number of nitrogens with zero attached hydrogens (tertiary/aromatic N) is 1. The van der Waals surface area contributed by atoms with Crippen LogP contribution in [0.4, 0.5) is 0 Å². The van der Waals surface area contributed by atoms with Crippen molar-refractivity contribution >= 4 is 11.9 Å². The Morgan fingerprint density at radius 2 is 2.04 bits per heavy atom. The molecule has 5 nitrogen and oxygen atoms in total. The summed E-state index contributed by atoms with van der Waals surface area (Å²) in [4.78, 5) is 27.2. The molecule has 1 aromatic rings. The van der Waals surface area contributed by atoms with Crippen molar-refractivity contribution in [2.75, 3.05) is 13.7 Å². The number of hydrogen-bond donors (Lipinski definition) is 0. The zero-order chi connectivity index (χ0) is 18.3. The Balaban J connectivity index is 1.50. The van der Waals surface area contributed by atoms with E-state index in [1.54, 1.807) is 6.07 Å². The molecule has 0 N–H and O–H groups in total. The highest BCUT2D eigenvalue weighted by molar-refractivity contribution is 5.95. The van der Waals surface area contributed by atoms with Crippen molar-refractivity contribution in [1.82, 2.24) is 4.90 Å². The molecule has 140 valence electrons. The molecule has 1 amide bonds. The second kappa shape index (κ2) is 6.69. The number of carbonyl (C=O) groups excluding carboxylic acids is 2. The quantitative estimate of drug-likeness (QED) is 0.778. The lowest BCUT2D eigenvalue weighted by Crippen LogP contribution is -2.65. The Morgan fingerprint density at radius 3 is 2.77 bits per heavy atom. The van der Waals surface area contributed by atoms with Crippen molar-refractivity contribution in [1.29, 1.82) is 0 Å². The van der Waals surface area contributed by atoms with Crippen molar-refractivity contribution in [3.8, 4) is 0 Å². The summed E-state index contributed by atoms with van der Waals surface area (Å²) in [7, 11) is 1.86. The fourth-order valence-electron chi connectivity index (χ4n) is 5.24. The fraction of sp³-hybridized carbons (Fsp3) is 0.619. The van der Waals surface area contributed by atoms with Gasteiger partial charge >= 0.3 is 5.97 Å². The molecule has 2 fully saturated rings. The summed E-state index contributed by atoms with van der Waals surface area (Å²) >= 11 is 0. The fourth-order valence-corrected chi connectivity index (χ4v) is 5.24. The van der Waals surface area contributed by atoms with Crippen LogP contribution in [0.5, 0.6) is 0 Å². The number of amides is 1. The van der Waals surface area contributed by atoms with Crippen LogP contribution in [-0.2, 0) is 20.7 Å². The maximum Gasteiger partial charge on any atom is 0.339 e. The lowest BCUT2D eigenvalue weighted by atomic mass is 9.60. The summed E-state index contributed by atoms with van der Waals surface area (Å²) < 4.78 is 11.4.